The van der Waals surface area contributed by atoms with Gasteiger partial charge in [0.15, 0.2) is 0 Å². The molecule has 1 aromatic rings. The molecule has 2 unspecified atom stereocenters. The van der Waals surface area contributed by atoms with E-state index in [9.17, 15) is 9.59 Å². The first kappa shape index (κ1) is 13.9. The van der Waals surface area contributed by atoms with Gasteiger partial charge >= 0.3 is 0 Å². The van der Waals surface area contributed by atoms with E-state index in [0.717, 1.165) is 5.56 Å². The summed E-state index contributed by atoms with van der Waals surface area (Å²) in [7, 11) is 0. The van der Waals surface area contributed by atoms with Crippen molar-refractivity contribution in [2.45, 2.75) is 38.3 Å². The first-order valence-electron chi connectivity index (χ1n) is 7.43. The van der Waals surface area contributed by atoms with Crippen molar-refractivity contribution in [2.75, 3.05) is 6.54 Å². The Labute approximate surface area is 124 Å². The number of hydrogen-bond acceptors (Lipinski definition) is 2. The van der Waals surface area contributed by atoms with Gasteiger partial charge in [0.25, 0.3) is 0 Å². The quantitative estimate of drug-likeness (QED) is 0.897. The molecule has 2 heterocycles. The lowest BCUT2D eigenvalue weighted by atomic mass is 9.92. The highest BCUT2D eigenvalue weighted by atomic mass is 16.2. The maximum atomic E-state index is 12.5. The van der Waals surface area contributed by atoms with Crippen LogP contribution in [0.5, 0.6) is 0 Å². The Morgan fingerprint density at radius 1 is 1.33 bits per heavy atom. The number of carbonyl (C=O) groups excluding carboxylic acids is 2. The van der Waals surface area contributed by atoms with E-state index in [1.807, 2.05) is 32.1 Å². The summed E-state index contributed by atoms with van der Waals surface area (Å²) < 4.78 is 0. The van der Waals surface area contributed by atoms with Gasteiger partial charge in [-0.25, -0.2) is 0 Å². The topological polar surface area (TPSA) is 49.4 Å². The number of amides is 2. The van der Waals surface area contributed by atoms with E-state index in [4.69, 9.17) is 0 Å². The van der Waals surface area contributed by atoms with Crippen LogP contribution in [0.2, 0.25) is 0 Å². The largest absolute Gasteiger partial charge is 0.352 e. The second kappa shape index (κ2) is 5.35. The molecule has 2 atom stereocenters. The average molecular weight is 284 g/mol. The maximum absolute atomic E-state index is 12.5. The van der Waals surface area contributed by atoms with Crippen molar-refractivity contribution in [2.24, 2.45) is 0 Å². The van der Waals surface area contributed by atoms with Gasteiger partial charge < -0.3 is 10.2 Å². The third kappa shape index (κ3) is 2.58. The third-order valence-corrected chi connectivity index (χ3v) is 4.13. The van der Waals surface area contributed by atoms with Crippen LogP contribution in [-0.2, 0) is 16.0 Å². The van der Waals surface area contributed by atoms with Crippen molar-refractivity contribution in [3.63, 3.8) is 0 Å². The Bertz CT molecular complexity index is 607. The first-order chi connectivity index (χ1) is 10.1. The lowest BCUT2D eigenvalue weighted by Gasteiger charge is -2.32. The maximum Gasteiger partial charge on any atom is 0.246 e. The molecule has 2 aliphatic heterocycles. The van der Waals surface area contributed by atoms with Gasteiger partial charge in [-0.3, -0.25) is 9.59 Å². The molecule has 2 amide bonds. The number of nitrogens with zero attached hydrogens (tertiary/aromatic N) is 1. The predicted octanol–water partition coefficient (Wildman–Crippen LogP) is 1.62. The number of benzene rings is 1. The number of rotatable bonds is 2. The fourth-order valence-corrected chi connectivity index (χ4v) is 3.16. The summed E-state index contributed by atoms with van der Waals surface area (Å²) in [6.45, 7) is 4.45. The fraction of sp³-hybridized carbons (Fsp3) is 0.412. The SMILES string of the molecule is CC(C)NC(=O)C1Cc2ccccc2C2C=CC(=O)N1C2. The minimum atomic E-state index is -0.420. The van der Waals surface area contributed by atoms with Crippen molar-refractivity contribution in [3.8, 4) is 0 Å². The number of hydrogen-bond donors (Lipinski definition) is 1. The van der Waals surface area contributed by atoms with Crippen LogP contribution in [0.1, 0.15) is 30.9 Å². The molecule has 0 saturated heterocycles. The molecule has 2 aliphatic rings. The molecule has 0 aliphatic carbocycles. The molecule has 21 heavy (non-hydrogen) atoms. The summed E-state index contributed by atoms with van der Waals surface area (Å²) >= 11 is 0. The van der Waals surface area contributed by atoms with E-state index < -0.39 is 6.04 Å². The predicted molar refractivity (Wildman–Crippen MR) is 80.8 cm³/mol. The first-order valence-corrected chi connectivity index (χ1v) is 7.43. The van der Waals surface area contributed by atoms with Gasteiger partial charge in [-0.2, -0.15) is 0 Å². The molecule has 0 fully saturated rings. The summed E-state index contributed by atoms with van der Waals surface area (Å²) in [5.74, 6) is 0.0582. The van der Waals surface area contributed by atoms with E-state index in [1.54, 1.807) is 11.0 Å². The van der Waals surface area contributed by atoms with Crippen LogP contribution in [0.4, 0.5) is 0 Å². The van der Waals surface area contributed by atoms with Crippen LogP contribution in [0.15, 0.2) is 36.4 Å². The third-order valence-electron chi connectivity index (χ3n) is 4.13. The molecule has 2 bridgehead atoms. The van der Waals surface area contributed by atoms with Crippen molar-refractivity contribution in [1.82, 2.24) is 10.2 Å². The van der Waals surface area contributed by atoms with Crippen molar-refractivity contribution < 1.29 is 9.59 Å². The Morgan fingerprint density at radius 3 is 2.86 bits per heavy atom. The molecule has 4 heteroatoms. The zero-order valence-electron chi connectivity index (χ0n) is 12.4. The standard InChI is InChI=1S/C17H20N2O2/c1-11(2)18-17(21)15-9-12-5-3-4-6-14(12)13-7-8-16(20)19(15)10-13/h3-8,11,13,15H,9-10H2,1-2H3,(H,18,21). The Kier molecular flexibility index (Phi) is 3.53. The van der Waals surface area contributed by atoms with Crippen LogP contribution < -0.4 is 5.32 Å². The molecule has 0 radical (unpaired) electrons. The summed E-state index contributed by atoms with van der Waals surface area (Å²) in [5, 5.41) is 2.94. The summed E-state index contributed by atoms with van der Waals surface area (Å²) in [4.78, 5) is 26.4. The molecular formula is C17H20N2O2. The van der Waals surface area contributed by atoms with E-state index in [0.29, 0.717) is 13.0 Å². The van der Waals surface area contributed by atoms with Gasteiger partial charge in [-0.1, -0.05) is 30.3 Å². The Balaban J connectivity index is 2.00. The van der Waals surface area contributed by atoms with Gasteiger partial charge in [0.1, 0.15) is 6.04 Å². The number of nitrogens with one attached hydrogen (secondary N) is 1. The highest BCUT2D eigenvalue weighted by Gasteiger charge is 2.36. The van der Waals surface area contributed by atoms with E-state index in [2.05, 4.69) is 17.4 Å². The van der Waals surface area contributed by atoms with Gasteiger partial charge in [-0.05, 0) is 31.1 Å². The highest BCUT2D eigenvalue weighted by Crippen LogP contribution is 2.31. The summed E-state index contributed by atoms with van der Waals surface area (Å²) in [6, 6.07) is 7.82. The molecule has 0 aromatic heterocycles. The van der Waals surface area contributed by atoms with E-state index in [1.165, 1.54) is 5.56 Å². The van der Waals surface area contributed by atoms with Crippen LogP contribution >= 0.6 is 0 Å². The zero-order chi connectivity index (χ0) is 15.0. The number of carbonyl (C=O) groups is 2. The minimum absolute atomic E-state index is 0.0656. The molecule has 3 rings (SSSR count). The molecular weight excluding hydrogens is 264 g/mol. The van der Waals surface area contributed by atoms with E-state index in [-0.39, 0.29) is 23.8 Å². The molecule has 1 N–H and O–H groups in total. The second-order valence-corrected chi connectivity index (χ2v) is 6.04. The van der Waals surface area contributed by atoms with Crippen LogP contribution in [-0.4, -0.2) is 35.3 Å². The molecule has 4 nitrogen and oxygen atoms in total. The minimum Gasteiger partial charge on any atom is -0.352 e. The molecule has 1 aromatic carbocycles. The van der Waals surface area contributed by atoms with Gasteiger partial charge in [0.2, 0.25) is 11.8 Å². The normalized spacial score (nSPS) is 23.8. The fourth-order valence-electron chi connectivity index (χ4n) is 3.16. The van der Waals surface area contributed by atoms with E-state index >= 15 is 0 Å². The molecule has 110 valence electrons. The lowest BCUT2D eigenvalue weighted by Crippen LogP contribution is -2.52. The highest BCUT2D eigenvalue weighted by molar-refractivity contribution is 5.94. The van der Waals surface area contributed by atoms with Crippen LogP contribution in [0, 0.1) is 0 Å². The molecule has 0 saturated carbocycles. The Morgan fingerprint density at radius 2 is 2.10 bits per heavy atom. The van der Waals surface area contributed by atoms with Crippen molar-refractivity contribution >= 4 is 11.8 Å². The van der Waals surface area contributed by atoms with Gasteiger partial charge in [0.05, 0.1) is 0 Å². The van der Waals surface area contributed by atoms with Crippen molar-refractivity contribution in [1.29, 1.82) is 0 Å². The second-order valence-electron chi connectivity index (χ2n) is 6.04. The van der Waals surface area contributed by atoms with Crippen molar-refractivity contribution in [3.05, 3.63) is 47.5 Å². The summed E-state index contributed by atoms with van der Waals surface area (Å²) in [5.41, 5.74) is 2.39. The monoisotopic (exact) mass is 284 g/mol. The average Bonchev–Trinajstić information content (AvgIpc) is 2.58. The zero-order valence-corrected chi connectivity index (χ0v) is 12.4. The number of fused-ring (bicyclic) bond motifs is 4. The van der Waals surface area contributed by atoms with Gasteiger partial charge in [-0.15, -0.1) is 0 Å². The smallest absolute Gasteiger partial charge is 0.246 e. The van der Waals surface area contributed by atoms with Gasteiger partial charge in [0, 0.05) is 24.9 Å². The van der Waals surface area contributed by atoms with Crippen LogP contribution in [0.3, 0.4) is 0 Å². The lowest BCUT2D eigenvalue weighted by molar-refractivity contribution is -0.137. The Hall–Kier alpha value is -2.10. The van der Waals surface area contributed by atoms with Crippen LogP contribution in [0.25, 0.3) is 0 Å². The summed E-state index contributed by atoms with van der Waals surface area (Å²) in [6.07, 6.45) is 4.14. The molecule has 0 spiro atoms.